The number of carbonyl (C=O) groups is 2. The summed E-state index contributed by atoms with van der Waals surface area (Å²) in [4.78, 5) is 26.4. The average molecular weight is 396 g/mol. The van der Waals surface area contributed by atoms with Gasteiger partial charge in [0.15, 0.2) is 0 Å². The van der Waals surface area contributed by atoms with E-state index in [4.69, 9.17) is 0 Å². The molecule has 0 bridgehead atoms. The molecule has 0 aromatic heterocycles. The molecular formula is C19H29N3O4S. The molecule has 0 spiro atoms. The minimum Gasteiger partial charge on any atom is -0.342 e. The molecule has 1 aliphatic rings. The van der Waals surface area contributed by atoms with Crippen LogP contribution < -0.4 is 5.32 Å². The molecule has 1 heterocycles. The molecule has 0 aliphatic carbocycles. The normalized spacial score (nSPS) is 17.6. The van der Waals surface area contributed by atoms with E-state index in [9.17, 15) is 18.0 Å². The summed E-state index contributed by atoms with van der Waals surface area (Å²) < 4.78 is 26.4. The highest BCUT2D eigenvalue weighted by Crippen LogP contribution is 2.22. The summed E-state index contributed by atoms with van der Waals surface area (Å²) in [5.74, 6) is -0.556. The van der Waals surface area contributed by atoms with Crippen molar-refractivity contribution in [3.05, 3.63) is 24.3 Å². The zero-order valence-electron chi connectivity index (χ0n) is 16.3. The molecule has 2 amide bonds. The van der Waals surface area contributed by atoms with Gasteiger partial charge in [-0.25, -0.2) is 8.42 Å². The molecule has 150 valence electrons. The van der Waals surface area contributed by atoms with Crippen LogP contribution in [-0.4, -0.2) is 55.6 Å². The largest absolute Gasteiger partial charge is 0.342 e. The topological polar surface area (TPSA) is 86.8 Å². The van der Waals surface area contributed by atoms with Gasteiger partial charge in [0.05, 0.1) is 10.8 Å². The fourth-order valence-electron chi connectivity index (χ4n) is 3.18. The quantitative estimate of drug-likeness (QED) is 0.695. The first kappa shape index (κ1) is 21.4. The Bertz CT molecular complexity index is 758. The van der Waals surface area contributed by atoms with Crippen LogP contribution in [0.25, 0.3) is 0 Å². The molecule has 2 rings (SSSR count). The lowest BCUT2D eigenvalue weighted by molar-refractivity contribution is -0.128. The number of hydrogen-bond donors (Lipinski definition) is 1. The van der Waals surface area contributed by atoms with E-state index < -0.39 is 10.0 Å². The number of rotatable bonds is 9. The lowest BCUT2D eigenvalue weighted by atomic mass is 10.1. The van der Waals surface area contributed by atoms with Crippen molar-refractivity contribution in [2.75, 3.05) is 31.5 Å². The second-order valence-corrected chi connectivity index (χ2v) is 8.64. The highest BCUT2D eigenvalue weighted by atomic mass is 32.2. The summed E-state index contributed by atoms with van der Waals surface area (Å²) in [5.41, 5.74) is 0.526. The first-order valence-electron chi connectivity index (χ1n) is 9.52. The van der Waals surface area contributed by atoms with Gasteiger partial charge in [0, 0.05) is 38.3 Å². The van der Waals surface area contributed by atoms with Crippen molar-refractivity contribution in [1.29, 1.82) is 0 Å². The van der Waals surface area contributed by atoms with Crippen molar-refractivity contribution in [3.63, 3.8) is 0 Å². The van der Waals surface area contributed by atoms with E-state index >= 15 is 0 Å². The number of likely N-dealkylation sites (tertiary alicyclic amines) is 1. The van der Waals surface area contributed by atoms with Gasteiger partial charge in [-0.3, -0.25) is 9.59 Å². The number of benzene rings is 1. The molecule has 0 saturated carbocycles. The Balaban J connectivity index is 2.00. The van der Waals surface area contributed by atoms with E-state index in [1.165, 1.54) is 16.4 Å². The van der Waals surface area contributed by atoms with Gasteiger partial charge in [-0.05, 0) is 30.7 Å². The summed E-state index contributed by atoms with van der Waals surface area (Å²) in [5, 5.41) is 2.79. The Morgan fingerprint density at radius 1 is 1.19 bits per heavy atom. The van der Waals surface area contributed by atoms with E-state index in [1.54, 1.807) is 30.9 Å². The highest BCUT2D eigenvalue weighted by Gasteiger charge is 2.33. The standard InChI is InChI=1S/C19H29N3O4S/c1-4-7-12-21-14-15(13-18(21)23)19(24)20-16-8-10-17(11-9-16)27(25,26)22(5-2)6-3/h8-11,15H,4-7,12-14H2,1-3H3,(H,20,24). The third-order valence-electron chi connectivity index (χ3n) is 4.83. The van der Waals surface area contributed by atoms with Gasteiger partial charge < -0.3 is 10.2 Å². The Morgan fingerprint density at radius 3 is 2.37 bits per heavy atom. The predicted octanol–water partition coefficient (Wildman–Crippen LogP) is 2.30. The lowest BCUT2D eigenvalue weighted by Crippen LogP contribution is -2.30. The molecule has 27 heavy (non-hydrogen) atoms. The molecule has 1 aromatic carbocycles. The molecule has 0 radical (unpaired) electrons. The van der Waals surface area contributed by atoms with Crippen LogP contribution in [0.4, 0.5) is 5.69 Å². The second-order valence-electron chi connectivity index (χ2n) is 6.70. The minimum absolute atomic E-state index is 0.0178. The van der Waals surface area contributed by atoms with Crippen molar-refractivity contribution in [1.82, 2.24) is 9.21 Å². The molecule has 1 atom stereocenters. The van der Waals surface area contributed by atoms with Crippen LogP contribution in [0.15, 0.2) is 29.2 Å². The Labute approximate surface area is 161 Å². The molecule has 1 aromatic rings. The summed E-state index contributed by atoms with van der Waals surface area (Å²) >= 11 is 0. The van der Waals surface area contributed by atoms with E-state index in [-0.39, 0.29) is 29.0 Å². The summed E-state index contributed by atoms with van der Waals surface area (Å²) in [6, 6.07) is 6.16. The van der Waals surface area contributed by atoms with Gasteiger partial charge in [0.2, 0.25) is 21.8 Å². The molecule has 1 saturated heterocycles. The van der Waals surface area contributed by atoms with Gasteiger partial charge in [0.25, 0.3) is 0 Å². The first-order chi connectivity index (χ1) is 12.8. The van der Waals surface area contributed by atoms with Gasteiger partial charge >= 0.3 is 0 Å². The Hall–Kier alpha value is -1.93. The summed E-state index contributed by atoms with van der Waals surface area (Å²) in [7, 11) is -3.52. The molecule has 1 N–H and O–H groups in total. The van der Waals surface area contributed by atoms with Crippen LogP contribution >= 0.6 is 0 Å². The SMILES string of the molecule is CCCCN1CC(C(=O)Nc2ccc(S(=O)(=O)N(CC)CC)cc2)CC1=O. The van der Waals surface area contributed by atoms with Crippen molar-refractivity contribution < 1.29 is 18.0 Å². The van der Waals surface area contributed by atoms with Crippen molar-refractivity contribution in [2.24, 2.45) is 5.92 Å². The fourth-order valence-corrected chi connectivity index (χ4v) is 4.64. The van der Waals surface area contributed by atoms with Crippen molar-refractivity contribution in [2.45, 2.75) is 44.9 Å². The number of anilines is 1. The maximum Gasteiger partial charge on any atom is 0.243 e. The van der Waals surface area contributed by atoms with Crippen LogP contribution in [0.1, 0.15) is 40.0 Å². The maximum atomic E-state index is 12.5. The van der Waals surface area contributed by atoms with Gasteiger partial charge in [-0.15, -0.1) is 0 Å². The van der Waals surface area contributed by atoms with Crippen LogP contribution in [0.5, 0.6) is 0 Å². The zero-order valence-corrected chi connectivity index (χ0v) is 17.1. The number of amides is 2. The first-order valence-corrected chi connectivity index (χ1v) is 11.0. The Morgan fingerprint density at radius 2 is 1.81 bits per heavy atom. The molecule has 1 fully saturated rings. The van der Waals surface area contributed by atoms with E-state index in [1.807, 2.05) is 0 Å². The third-order valence-corrected chi connectivity index (χ3v) is 6.90. The van der Waals surface area contributed by atoms with E-state index in [0.717, 1.165) is 12.8 Å². The highest BCUT2D eigenvalue weighted by molar-refractivity contribution is 7.89. The summed E-state index contributed by atoms with van der Waals surface area (Å²) in [6.07, 6.45) is 2.16. The molecule has 7 nitrogen and oxygen atoms in total. The minimum atomic E-state index is -3.52. The number of nitrogens with zero attached hydrogens (tertiary/aromatic N) is 2. The molecule has 8 heteroatoms. The van der Waals surface area contributed by atoms with Crippen molar-refractivity contribution in [3.8, 4) is 0 Å². The summed E-state index contributed by atoms with van der Waals surface area (Å²) in [6.45, 7) is 7.60. The van der Waals surface area contributed by atoms with E-state index in [2.05, 4.69) is 12.2 Å². The van der Waals surface area contributed by atoms with Crippen LogP contribution in [-0.2, 0) is 19.6 Å². The predicted molar refractivity (Wildman–Crippen MR) is 105 cm³/mol. The fraction of sp³-hybridized carbons (Fsp3) is 0.579. The monoisotopic (exact) mass is 395 g/mol. The molecule has 1 unspecified atom stereocenters. The maximum absolute atomic E-state index is 12.5. The van der Waals surface area contributed by atoms with Gasteiger partial charge in [0.1, 0.15) is 0 Å². The smallest absolute Gasteiger partial charge is 0.243 e. The molecule has 1 aliphatic heterocycles. The van der Waals surface area contributed by atoms with E-state index in [0.29, 0.717) is 31.9 Å². The number of hydrogen-bond acceptors (Lipinski definition) is 4. The third kappa shape index (κ3) is 5.07. The number of carbonyl (C=O) groups excluding carboxylic acids is 2. The number of unbranched alkanes of at least 4 members (excludes halogenated alkanes) is 1. The van der Waals surface area contributed by atoms with Gasteiger partial charge in [-0.1, -0.05) is 27.2 Å². The number of sulfonamides is 1. The zero-order chi connectivity index (χ0) is 20.0. The van der Waals surface area contributed by atoms with Crippen LogP contribution in [0.2, 0.25) is 0 Å². The second kappa shape index (κ2) is 9.32. The Kier molecular flexibility index (Phi) is 7.38. The lowest BCUT2D eigenvalue weighted by Gasteiger charge is -2.18. The van der Waals surface area contributed by atoms with Crippen LogP contribution in [0, 0.1) is 5.92 Å². The number of nitrogens with one attached hydrogen (secondary N) is 1. The molecular weight excluding hydrogens is 366 g/mol. The van der Waals surface area contributed by atoms with Gasteiger partial charge in [-0.2, -0.15) is 4.31 Å². The average Bonchev–Trinajstić information content (AvgIpc) is 3.02. The van der Waals surface area contributed by atoms with Crippen LogP contribution in [0.3, 0.4) is 0 Å². The van der Waals surface area contributed by atoms with Crippen molar-refractivity contribution >= 4 is 27.5 Å².